The molecule has 0 bridgehead atoms. The molecule has 1 aliphatic rings. The lowest BCUT2D eigenvalue weighted by molar-refractivity contribution is 0.394. The molecule has 5 heteroatoms. The smallest absolute Gasteiger partial charge is 0.134 e. The van der Waals surface area contributed by atoms with Crippen LogP contribution in [0, 0.1) is 17.2 Å². The maximum absolute atomic E-state index is 9.54. The van der Waals surface area contributed by atoms with Crippen molar-refractivity contribution in [3.63, 3.8) is 0 Å². The van der Waals surface area contributed by atoms with Gasteiger partial charge in [0, 0.05) is 22.7 Å². The van der Waals surface area contributed by atoms with Crippen molar-refractivity contribution in [2.24, 2.45) is 10.9 Å². The minimum atomic E-state index is 0.682. The predicted molar refractivity (Wildman–Crippen MR) is 97.0 cm³/mol. The highest BCUT2D eigenvalue weighted by Gasteiger charge is 2.23. The van der Waals surface area contributed by atoms with E-state index in [1.54, 1.807) is 31.8 Å². The van der Waals surface area contributed by atoms with Crippen LogP contribution in [0.2, 0.25) is 0 Å². The highest BCUT2D eigenvalue weighted by Crippen LogP contribution is 2.40. The Morgan fingerprint density at radius 1 is 1.33 bits per heavy atom. The van der Waals surface area contributed by atoms with Crippen molar-refractivity contribution in [3.05, 3.63) is 39.8 Å². The lowest BCUT2D eigenvalue weighted by Crippen LogP contribution is -2.09. The fourth-order valence-electron chi connectivity index (χ4n) is 3.00. The molecule has 0 unspecified atom stereocenters. The van der Waals surface area contributed by atoms with Gasteiger partial charge in [-0.25, -0.2) is 4.99 Å². The molecule has 2 aromatic rings. The molecule has 1 aromatic carbocycles. The van der Waals surface area contributed by atoms with E-state index in [-0.39, 0.29) is 0 Å². The SMILES string of the molecule is COc1ccc(C=Nc2sc3c(c2C#N)CC[C@@H](C)C3)c(OC)c1. The minimum absolute atomic E-state index is 0.682. The number of nitrogens with zero attached hydrogens (tertiary/aromatic N) is 2. The molecule has 3 rings (SSSR count). The van der Waals surface area contributed by atoms with E-state index in [2.05, 4.69) is 18.0 Å². The summed E-state index contributed by atoms with van der Waals surface area (Å²) >= 11 is 1.64. The second kappa shape index (κ2) is 7.06. The van der Waals surface area contributed by atoms with Crippen LogP contribution < -0.4 is 9.47 Å². The van der Waals surface area contributed by atoms with Crippen LogP contribution in [0.4, 0.5) is 5.00 Å². The van der Waals surface area contributed by atoms with Gasteiger partial charge in [-0.3, -0.25) is 0 Å². The van der Waals surface area contributed by atoms with Crippen LogP contribution in [0.25, 0.3) is 0 Å². The summed E-state index contributed by atoms with van der Waals surface area (Å²) in [7, 11) is 3.25. The number of thiophene rings is 1. The zero-order chi connectivity index (χ0) is 17.1. The number of hydrogen-bond donors (Lipinski definition) is 0. The Morgan fingerprint density at radius 2 is 2.17 bits per heavy atom. The molecule has 4 nitrogen and oxygen atoms in total. The monoisotopic (exact) mass is 340 g/mol. The first-order valence-corrected chi connectivity index (χ1v) is 8.78. The van der Waals surface area contributed by atoms with Crippen molar-refractivity contribution in [3.8, 4) is 17.6 Å². The summed E-state index contributed by atoms with van der Waals surface area (Å²) in [6, 6.07) is 7.95. The van der Waals surface area contributed by atoms with E-state index < -0.39 is 0 Å². The van der Waals surface area contributed by atoms with Crippen molar-refractivity contribution in [2.45, 2.75) is 26.2 Å². The van der Waals surface area contributed by atoms with Crippen LogP contribution in [0.1, 0.15) is 34.9 Å². The van der Waals surface area contributed by atoms with Gasteiger partial charge in [0.15, 0.2) is 0 Å². The Hall–Kier alpha value is -2.32. The number of aliphatic imine (C=N–C) groups is 1. The van der Waals surface area contributed by atoms with Gasteiger partial charge in [-0.1, -0.05) is 6.92 Å². The second-order valence-corrected chi connectivity index (χ2v) is 7.09. The van der Waals surface area contributed by atoms with Crippen LogP contribution >= 0.6 is 11.3 Å². The fraction of sp³-hybridized carbons (Fsp3) is 0.368. The second-order valence-electron chi connectivity index (χ2n) is 6.01. The molecule has 0 radical (unpaired) electrons. The zero-order valence-corrected chi connectivity index (χ0v) is 14.9. The first-order chi connectivity index (χ1) is 11.7. The lowest BCUT2D eigenvalue weighted by Gasteiger charge is -2.17. The average Bonchev–Trinajstić information content (AvgIpc) is 2.96. The van der Waals surface area contributed by atoms with E-state index in [9.17, 15) is 5.26 Å². The number of rotatable bonds is 4. The van der Waals surface area contributed by atoms with Gasteiger partial charge in [0.1, 0.15) is 22.6 Å². The Kier molecular flexibility index (Phi) is 4.86. The number of methoxy groups -OCH3 is 2. The summed E-state index contributed by atoms with van der Waals surface area (Å²) in [5.41, 5.74) is 2.81. The van der Waals surface area contributed by atoms with Crippen molar-refractivity contribution in [1.29, 1.82) is 5.26 Å². The molecule has 0 N–H and O–H groups in total. The van der Waals surface area contributed by atoms with Gasteiger partial charge in [-0.15, -0.1) is 11.3 Å². The molecule has 124 valence electrons. The van der Waals surface area contributed by atoms with E-state index in [1.807, 2.05) is 18.2 Å². The van der Waals surface area contributed by atoms with Crippen molar-refractivity contribution >= 4 is 22.6 Å². The predicted octanol–water partition coefficient (Wildman–Crippen LogP) is 4.51. The van der Waals surface area contributed by atoms with E-state index in [0.717, 1.165) is 41.1 Å². The quantitative estimate of drug-likeness (QED) is 0.769. The average molecular weight is 340 g/mol. The number of nitriles is 1. The molecule has 0 amide bonds. The molecule has 1 aromatic heterocycles. The van der Waals surface area contributed by atoms with Crippen molar-refractivity contribution in [2.75, 3.05) is 14.2 Å². The normalized spacial score (nSPS) is 16.7. The largest absolute Gasteiger partial charge is 0.497 e. The summed E-state index contributed by atoms with van der Waals surface area (Å²) in [6.07, 6.45) is 4.95. The van der Waals surface area contributed by atoms with Gasteiger partial charge in [-0.2, -0.15) is 5.26 Å². The van der Waals surface area contributed by atoms with Crippen LogP contribution in [0.5, 0.6) is 11.5 Å². The Labute approximate surface area is 146 Å². The van der Waals surface area contributed by atoms with Gasteiger partial charge in [0.05, 0.1) is 19.8 Å². The molecular weight excluding hydrogens is 320 g/mol. The lowest BCUT2D eigenvalue weighted by atomic mass is 9.89. The summed E-state index contributed by atoms with van der Waals surface area (Å²) < 4.78 is 10.6. The third-order valence-electron chi connectivity index (χ3n) is 4.37. The molecule has 0 spiro atoms. The van der Waals surface area contributed by atoms with E-state index in [1.165, 1.54) is 10.4 Å². The highest BCUT2D eigenvalue weighted by atomic mass is 32.1. The number of ether oxygens (including phenoxy) is 2. The molecule has 24 heavy (non-hydrogen) atoms. The van der Waals surface area contributed by atoms with Crippen LogP contribution in [-0.4, -0.2) is 20.4 Å². The summed E-state index contributed by atoms with van der Waals surface area (Å²) in [6.45, 7) is 2.26. The van der Waals surface area contributed by atoms with E-state index >= 15 is 0 Å². The number of benzene rings is 1. The Morgan fingerprint density at radius 3 is 2.88 bits per heavy atom. The maximum Gasteiger partial charge on any atom is 0.134 e. The van der Waals surface area contributed by atoms with Gasteiger partial charge in [0.25, 0.3) is 0 Å². The Balaban J connectivity index is 1.94. The van der Waals surface area contributed by atoms with Gasteiger partial charge in [0.2, 0.25) is 0 Å². The third-order valence-corrected chi connectivity index (χ3v) is 5.53. The van der Waals surface area contributed by atoms with Crippen molar-refractivity contribution < 1.29 is 9.47 Å². The minimum Gasteiger partial charge on any atom is -0.497 e. The number of fused-ring (bicyclic) bond motifs is 1. The molecule has 0 saturated carbocycles. The van der Waals surface area contributed by atoms with Crippen LogP contribution in [0.15, 0.2) is 23.2 Å². The summed E-state index contributed by atoms with van der Waals surface area (Å²) in [4.78, 5) is 5.91. The van der Waals surface area contributed by atoms with Crippen molar-refractivity contribution in [1.82, 2.24) is 0 Å². The highest BCUT2D eigenvalue weighted by molar-refractivity contribution is 7.16. The van der Waals surface area contributed by atoms with E-state index in [4.69, 9.17) is 9.47 Å². The first kappa shape index (κ1) is 16.5. The molecule has 1 aliphatic carbocycles. The molecule has 0 aliphatic heterocycles. The summed E-state index contributed by atoms with van der Waals surface area (Å²) in [5.74, 6) is 2.12. The van der Waals surface area contributed by atoms with Crippen LogP contribution in [0.3, 0.4) is 0 Å². The maximum atomic E-state index is 9.54. The topological polar surface area (TPSA) is 54.6 Å². The fourth-order valence-corrected chi connectivity index (χ4v) is 4.30. The zero-order valence-electron chi connectivity index (χ0n) is 14.1. The van der Waals surface area contributed by atoms with Crippen LogP contribution in [-0.2, 0) is 12.8 Å². The summed E-state index contributed by atoms with van der Waals surface area (Å²) in [5, 5.41) is 10.3. The standard InChI is InChI=1S/C19H20N2O2S/c1-12-4-7-15-16(10-20)19(24-18(15)8-12)21-11-13-5-6-14(22-2)9-17(13)23-3/h5-6,9,11-12H,4,7-8H2,1-3H3/t12-/m1/s1. The molecular formula is C19H20N2O2S. The van der Waals surface area contributed by atoms with Gasteiger partial charge >= 0.3 is 0 Å². The van der Waals surface area contributed by atoms with Gasteiger partial charge in [-0.05, 0) is 42.9 Å². The molecule has 0 fully saturated rings. The Bertz CT molecular complexity index is 818. The van der Waals surface area contributed by atoms with Gasteiger partial charge < -0.3 is 9.47 Å². The molecule has 0 saturated heterocycles. The van der Waals surface area contributed by atoms with E-state index in [0.29, 0.717) is 11.7 Å². The third kappa shape index (κ3) is 3.15. The first-order valence-electron chi connectivity index (χ1n) is 7.97. The molecule has 1 heterocycles. The molecule has 1 atom stereocenters. The number of hydrogen-bond acceptors (Lipinski definition) is 5.